The van der Waals surface area contributed by atoms with Crippen molar-refractivity contribution in [2.45, 2.75) is 0 Å². The minimum Gasteiger partial charge on any atom is -0.494 e. The third kappa shape index (κ3) is 1.62. The molecule has 1 aromatic heterocycles. The summed E-state index contributed by atoms with van der Waals surface area (Å²) in [6, 6.07) is 0. The van der Waals surface area contributed by atoms with Crippen molar-refractivity contribution < 1.29 is 9.13 Å². The number of hydrogen-bond acceptors (Lipinski definition) is 4. The lowest BCUT2D eigenvalue weighted by atomic mass is 10.0. The lowest BCUT2D eigenvalue weighted by Gasteiger charge is -2.37. The van der Waals surface area contributed by atoms with Crippen LogP contribution in [0.4, 0.5) is 10.3 Å². The highest BCUT2D eigenvalue weighted by Crippen LogP contribution is 2.21. The number of aromatic nitrogens is 2. The van der Waals surface area contributed by atoms with Crippen molar-refractivity contribution in [2.24, 2.45) is 5.92 Å². The molecule has 0 bridgehead atoms. The Morgan fingerprint density at radius 1 is 1.50 bits per heavy atom. The van der Waals surface area contributed by atoms with Gasteiger partial charge in [0.25, 0.3) is 0 Å². The second kappa shape index (κ2) is 3.77. The number of methoxy groups -OCH3 is 1. The molecule has 0 aromatic carbocycles. The fourth-order valence-electron chi connectivity index (χ4n) is 1.41. The fourth-order valence-corrected chi connectivity index (χ4v) is 1.41. The molecule has 0 unspecified atom stereocenters. The summed E-state index contributed by atoms with van der Waals surface area (Å²) >= 11 is 0. The van der Waals surface area contributed by atoms with E-state index < -0.39 is 0 Å². The van der Waals surface area contributed by atoms with Gasteiger partial charge in [-0.1, -0.05) is 0 Å². The lowest BCUT2D eigenvalue weighted by molar-refractivity contribution is 0.303. The summed E-state index contributed by atoms with van der Waals surface area (Å²) in [5.41, 5.74) is 0. The van der Waals surface area contributed by atoms with Gasteiger partial charge in [0.1, 0.15) is 0 Å². The fraction of sp³-hybridized carbons (Fsp3) is 0.556. The van der Waals surface area contributed by atoms with Gasteiger partial charge in [0, 0.05) is 19.0 Å². The van der Waals surface area contributed by atoms with Gasteiger partial charge in [-0.2, -0.15) is 0 Å². The summed E-state index contributed by atoms with van der Waals surface area (Å²) in [5.74, 6) is 1.44. The molecule has 1 fully saturated rings. The van der Waals surface area contributed by atoms with Crippen LogP contribution in [0.15, 0.2) is 12.4 Å². The van der Waals surface area contributed by atoms with Gasteiger partial charge < -0.3 is 9.64 Å². The minimum absolute atomic E-state index is 0.153. The molecule has 4 nitrogen and oxygen atoms in total. The molecule has 1 saturated heterocycles. The van der Waals surface area contributed by atoms with Gasteiger partial charge in [-0.25, -0.2) is 9.97 Å². The minimum atomic E-state index is -0.257. The molecule has 2 heterocycles. The van der Waals surface area contributed by atoms with Crippen LogP contribution in [-0.2, 0) is 0 Å². The van der Waals surface area contributed by atoms with E-state index in [1.165, 1.54) is 0 Å². The Labute approximate surface area is 81.7 Å². The first-order chi connectivity index (χ1) is 6.83. The quantitative estimate of drug-likeness (QED) is 0.721. The molecule has 14 heavy (non-hydrogen) atoms. The zero-order valence-corrected chi connectivity index (χ0v) is 7.98. The standard InChI is InChI=1S/C9H12FN3O/c1-14-8-3-11-9(12-4-8)13-5-7(2-10)6-13/h3-4,7H,2,5-6H2,1H3. The van der Waals surface area contributed by atoms with E-state index >= 15 is 0 Å². The van der Waals surface area contributed by atoms with Gasteiger partial charge >= 0.3 is 0 Å². The highest BCUT2D eigenvalue weighted by molar-refractivity contribution is 5.35. The molecular weight excluding hydrogens is 185 g/mol. The normalized spacial score (nSPS) is 16.6. The number of nitrogens with zero attached hydrogens (tertiary/aromatic N) is 3. The van der Waals surface area contributed by atoms with Crippen LogP contribution in [-0.4, -0.2) is 36.8 Å². The van der Waals surface area contributed by atoms with Crippen LogP contribution >= 0.6 is 0 Å². The van der Waals surface area contributed by atoms with Gasteiger partial charge in [-0.3, -0.25) is 4.39 Å². The smallest absolute Gasteiger partial charge is 0.225 e. The van der Waals surface area contributed by atoms with Gasteiger partial charge in [-0.15, -0.1) is 0 Å². The zero-order chi connectivity index (χ0) is 9.97. The molecule has 76 valence electrons. The first-order valence-electron chi connectivity index (χ1n) is 4.50. The Bertz CT molecular complexity index is 297. The molecule has 0 atom stereocenters. The van der Waals surface area contributed by atoms with E-state index in [-0.39, 0.29) is 12.6 Å². The summed E-state index contributed by atoms with van der Waals surface area (Å²) in [6.45, 7) is 1.16. The summed E-state index contributed by atoms with van der Waals surface area (Å²) in [6.07, 6.45) is 3.23. The van der Waals surface area contributed by atoms with E-state index in [1.54, 1.807) is 19.5 Å². The Morgan fingerprint density at radius 3 is 2.64 bits per heavy atom. The Hall–Kier alpha value is -1.39. The number of hydrogen-bond donors (Lipinski definition) is 0. The molecule has 1 aliphatic rings. The van der Waals surface area contributed by atoms with Crippen molar-refractivity contribution in [3.05, 3.63) is 12.4 Å². The molecule has 1 aromatic rings. The molecule has 0 amide bonds. The first-order valence-corrected chi connectivity index (χ1v) is 4.50. The van der Waals surface area contributed by atoms with E-state index in [1.807, 2.05) is 4.90 Å². The molecule has 0 radical (unpaired) electrons. The SMILES string of the molecule is COc1cnc(N2CC(CF)C2)nc1. The predicted octanol–water partition coefficient (Wildman–Crippen LogP) is 0.891. The Balaban J connectivity index is 1.98. The van der Waals surface area contributed by atoms with E-state index in [2.05, 4.69) is 9.97 Å². The highest BCUT2D eigenvalue weighted by Gasteiger charge is 2.28. The van der Waals surface area contributed by atoms with Crippen molar-refractivity contribution in [2.75, 3.05) is 31.8 Å². The second-order valence-electron chi connectivity index (χ2n) is 3.35. The maximum absolute atomic E-state index is 12.2. The summed E-state index contributed by atoms with van der Waals surface area (Å²) in [4.78, 5) is 10.2. The van der Waals surface area contributed by atoms with Crippen molar-refractivity contribution in [3.63, 3.8) is 0 Å². The number of alkyl halides is 1. The monoisotopic (exact) mass is 197 g/mol. The number of rotatable bonds is 3. The molecule has 0 N–H and O–H groups in total. The van der Waals surface area contributed by atoms with Crippen molar-refractivity contribution in [3.8, 4) is 5.75 Å². The van der Waals surface area contributed by atoms with E-state index in [9.17, 15) is 4.39 Å². The first kappa shape index (κ1) is 9.18. The van der Waals surface area contributed by atoms with Crippen molar-refractivity contribution >= 4 is 5.95 Å². The third-order valence-electron chi connectivity index (χ3n) is 2.31. The topological polar surface area (TPSA) is 38.2 Å². The van der Waals surface area contributed by atoms with E-state index in [0.717, 1.165) is 0 Å². The summed E-state index contributed by atoms with van der Waals surface area (Å²) in [5, 5.41) is 0. The molecule has 5 heteroatoms. The summed E-state index contributed by atoms with van der Waals surface area (Å²) in [7, 11) is 1.57. The van der Waals surface area contributed by atoms with Gasteiger partial charge in [0.2, 0.25) is 5.95 Å². The Morgan fingerprint density at radius 2 is 2.14 bits per heavy atom. The highest BCUT2D eigenvalue weighted by atomic mass is 19.1. The predicted molar refractivity (Wildman–Crippen MR) is 50.3 cm³/mol. The van der Waals surface area contributed by atoms with Crippen LogP contribution in [0.2, 0.25) is 0 Å². The molecular formula is C9H12FN3O. The number of ether oxygens (including phenoxy) is 1. The van der Waals surface area contributed by atoms with E-state index in [4.69, 9.17) is 4.74 Å². The van der Waals surface area contributed by atoms with Crippen LogP contribution in [0.25, 0.3) is 0 Å². The van der Waals surface area contributed by atoms with Crippen LogP contribution in [0, 0.1) is 5.92 Å². The molecule has 0 spiro atoms. The zero-order valence-electron chi connectivity index (χ0n) is 7.98. The van der Waals surface area contributed by atoms with Gasteiger partial charge in [0.15, 0.2) is 5.75 Å². The number of anilines is 1. The summed E-state index contributed by atoms with van der Waals surface area (Å²) < 4.78 is 17.1. The van der Waals surface area contributed by atoms with Crippen molar-refractivity contribution in [1.82, 2.24) is 9.97 Å². The largest absolute Gasteiger partial charge is 0.494 e. The maximum Gasteiger partial charge on any atom is 0.225 e. The average Bonchev–Trinajstić information content (AvgIpc) is 2.17. The van der Waals surface area contributed by atoms with Crippen molar-refractivity contribution in [1.29, 1.82) is 0 Å². The number of halogens is 1. The van der Waals surface area contributed by atoms with Crippen LogP contribution in [0.5, 0.6) is 5.75 Å². The molecule has 1 aliphatic heterocycles. The molecule has 2 rings (SSSR count). The Kier molecular flexibility index (Phi) is 2.47. The van der Waals surface area contributed by atoms with Crippen LogP contribution < -0.4 is 9.64 Å². The lowest BCUT2D eigenvalue weighted by Crippen LogP contribution is -2.48. The molecule has 0 aliphatic carbocycles. The van der Waals surface area contributed by atoms with Crippen LogP contribution in [0.3, 0.4) is 0 Å². The average molecular weight is 197 g/mol. The van der Waals surface area contributed by atoms with Gasteiger partial charge in [-0.05, 0) is 0 Å². The molecule has 0 saturated carbocycles. The van der Waals surface area contributed by atoms with Gasteiger partial charge in [0.05, 0.1) is 26.2 Å². The maximum atomic E-state index is 12.2. The van der Waals surface area contributed by atoms with Crippen LogP contribution in [0.1, 0.15) is 0 Å². The second-order valence-corrected chi connectivity index (χ2v) is 3.35. The van der Waals surface area contributed by atoms with E-state index in [0.29, 0.717) is 24.8 Å². The third-order valence-corrected chi connectivity index (χ3v) is 2.31.